The van der Waals surface area contributed by atoms with Crippen molar-refractivity contribution in [2.24, 2.45) is 0 Å². The second-order valence-electron chi connectivity index (χ2n) is 5.66. The van der Waals surface area contributed by atoms with Crippen molar-refractivity contribution in [1.82, 2.24) is 4.98 Å². The predicted octanol–water partition coefficient (Wildman–Crippen LogP) is 0.921. The number of hydrogen-bond donors (Lipinski definition) is 2. The lowest BCUT2D eigenvalue weighted by molar-refractivity contribution is 0.0572. The average molecular weight is 236 g/mol. The molecule has 0 saturated carbocycles. The maximum atomic E-state index is 9.60. The third-order valence-electron chi connectivity index (χ3n) is 3.15. The summed E-state index contributed by atoms with van der Waals surface area (Å²) in [6.07, 6.45) is 0.399. The van der Waals surface area contributed by atoms with Gasteiger partial charge in [0.05, 0.1) is 12.2 Å². The molecule has 0 aliphatic carbocycles. The third-order valence-corrected chi connectivity index (χ3v) is 3.15. The predicted molar refractivity (Wildman–Crippen MR) is 67.2 cm³/mol. The van der Waals surface area contributed by atoms with Crippen molar-refractivity contribution in [3.8, 4) is 0 Å². The Morgan fingerprint density at radius 1 is 1.24 bits per heavy atom. The Bertz CT molecular complexity index is 391. The van der Waals surface area contributed by atoms with Gasteiger partial charge < -0.3 is 15.1 Å². The number of aromatic nitrogens is 1. The minimum Gasteiger partial charge on any atom is -0.389 e. The molecule has 94 valence electrons. The van der Waals surface area contributed by atoms with Crippen molar-refractivity contribution in [2.75, 3.05) is 18.0 Å². The molecule has 1 aromatic rings. The molecule has 0 radical (unpaired) electrons. The molecule has 4 nitrogen and oxygen atoms in total. The first-order valence-electron chi connectivity index (χ1n) is 5.96. The van der Waals surface area contributed by atoms with E-state index in [-0.39, 0.29) is 5.41 Å². The molecule has 2 unspecified atom stereocenters. The van der Waals surface area contributed by atoms with E-state index in [1.54, 1.807) is 6.20 Å². The Balaban J connectivity index is 2.33. The molecule has 0 aromatic carbocycles. The monoisotopic (exact) mass is 236 g/mol. The van der Waals surface area contributed by atoms with E-state index in [2.05, 4.69) is 31.8 Å². The molecule has 1 aromatic heterocycles. The van der Waals surface area contributed by atoms with Crippen LogP contribution in [0.3, 0.4) is 0 Å². The normalized spacial score (nSPS) is 25.4. The highest BCUT2D eigenvalue weighted by Gasteiger charge is 2.32. The van der Waals surface area contributed by atoms with Gasteiger partial charge in [0, 0.05) is 24.8 Å². The lowest BCUT2D eigenvalue weighted by Gasteiger charge is -2.27. The number of hydrogen-bond acceptors (Lipinski definition) is 4. The summed E-state index contributed by atoms with van der Waals surface area (Å²) in [5.41, 5.74) is 1.14. The van der Waals surface area contributed by atoms with Crippen molar-refractivity contribution in [2.45, 2.75) is 38.4 Å². The van der Waals surface area contributed by atoms with Crippen LogP contribution >= 0.6 is 0 Å². The van der Waals surface area contributed by atoms with Gasteiger partial charge in [0.2, 0.25) is 0 Å². The van der Waals surface area contributed by atoms with Crippen LogP contribution in [0, 0.1) is 0 Å². The summed E-state index contributed by atoms with van der Waals surface area (Å²) in [5, 5.41) is 19.2. The summed E-state index contributed by atoms with van der Waals surface area (Å²) in [6, 6.07) is 3.98. The van der Waals surface area contributed by atoms with E-state index >= 15 is 0 Å². The third kappa shape index (κ3) is 2.42. The Morgan fingerprint density at radius 2 is 1.82 bits per heavy atom. The number of pyridine rings is 1. The summed E-state index contributed by atoms with van der Waals surface area (Å²) in [4.78, 5) is 6.35. The van der Waals surface area contributed by atoms with Crippen LogP contribution in [-0.4, -0.2) is 40.5 Å². The highest BCUT2D eigenvalue weighted by atomic mass is 16.3. The van der Waals surface area contributed by atoms with Gasteiger partial charge in [0.1, 0.15) is 5.82 Å². The smallest absolute Gasteiger partial charge is 0.132 e. The second kappa shape index (κ2) is 4.27. The Kier molecular flexibility index (Phi) is 3.10. The van der Waals surface area contributed by atoms with Crippen molar-refractivity contribution in [1.29, 1.82) is 0 Å². The number of aliphatic hydroxyl groups is 2. The van der Waals surface area contributed by atoms with E-state index in [9.17, 15) is 10.2 Å². The topological polar surface area (TPSA) is 56.6 Å². The first-order chi connectivity index (χ1) is 7.89. The van der Waals surface area contributed by atoms with Gasteiger partial charge in [-0.3, -0.25) is 0 Å². The quantitative estimate of drug-likeness (QED) is 0.761. The molecular weight excluding hydrogens is 216 g/mol. The molecule has 0 bridgehead atoms. The van der Waals surface area contributed by atoms with E-state index in [0.717, 1.165) is 11.4 Å². The van der Waals surface area contributed by atoms with Crippen molar-refractivity contribution in [3.63, 3.8) is 0 Å². The summed E-state index contributed by atoms with van der Waals surface area (Å²) in [5.74, 6) is 0.871. The summed E-state index contributed by atoms with van der Waals surface area (Å²) < 4.78 is 0. The molecule has 0 amide bonds. The number of anilines is 1. The Hall–Kier alpha value is -1.13. The molecule has 2 atom stereocenters. The first-order valence-corrected chi connectivity index (χ1v) is 5.96. The van der Waals surface area contributed by atoms with E-state index in [4.69, 9.17) is 0 Å². The molecule has 2 N–H and O–H groups in total. The van der Waals surface area contributed by atoms with Gasteiger partial charge in [-0.1, -0.05) is 26.8 Å². The molecule has 0 spiro atoms. The van der Waals surface area contributed by atoms with Crippen molar-refractivity contribution in [3.05, 3.63) is 23.9 Å². The van der Waals surface area contributed by atoms with Crippen LogP contribution in [0.25, 0.3) is 0 Å². The first kappa shape index (κ1) is 12.3. The summed E-state index contributed by atoms with van der Waals surface area (Å²) in [7, 11) is 0. The van der Waals surface area contributed by atoms with Crippen molar-refractivity contribution >= 4 is 5.82 Å². The molecule has 1 aliphatic rings. The van der Waals surface area contributed by atoms with Crippen LogP contribution in [0.2, 0.25) is 0 Å². The van der Waals surface area contributed by atoms with E-state index < -0.39 is 12.2 Å². The number of rotatable bonds is 1. The van der Waals surface area contributed by atoms with Gasteiger partial charge in [-0.2, -0.15) is 0 Å². The van der Waals surface area contributed by atoms with Gasteiger partial charge in [-0.05, 0) is 11.5 Å². The standard InChI is InChI=1S/C13H20N2O2/c1-13(2,3)9-5-4-6-14-12(9)15-7-10(16)11(17)8-15/h4-6,10-11,16-17H,7-8H2,1-3H3. The number of β-amino-alcohol motifs (C(OH)–C–C–N with tert-alkyl or cyclic N) is 2. The highest BCUT2D eigenvalue weighted by Crippen LogP contribution is 2.31. The Morgan fingerprint density at radius 3 is 2.35 bits per heavy atom. The molecule has 1 fully saturated rings. The second-order valence-corrected chi connectivity index (χ2v) is 5.66. The lowest BCUT2D eigenvalue weighted by Crippen LogP contribution is -2.26. The summed E-state index contributed by atoms with van der Waals surface area (Å²) in [6.45, 7) is 7.30. The minimum atomic E-state index is -0.676. The van der Waals surface area contributed by atoms with Gasteiger partial charge in [0.25, 0.3) is 0 Å². The number of nitrogens with zero attached hydrogens (tertiary/aromatic N) is 2. The molecule has 17 heavy (non-hydrogen) atoms. The Labute approximate surface area is 102 Å². The fourth-order valence-corrected chi connectivity index (χ4v) is 2.18. The van der Waals surface area contributed by atoms with E-state index in [1.807, 2.05) is 11.0 Å². The zero-order valence-electron chi connectivity index (χ0n) is 10.6. The van der Waals surface area contributed by atoms with Crippen LogP contribution < -0.4 is 4.90 Å². The maximum absolute atomic E-state index is 9.60. The fraction of sp³-hybridized carbons (Fsp3) is 0.615. The van der Waals surface area contributed by atoms with Gasteiger partial charge >= 0.3 is 0 Å². The lowest BCUT2D eigenvalue weighted by atomic mass is 9.87. The average Bonchev–Trinajstić information content (AvgIpc) is 2.58. The molecular formula is C13H20N2O2. The molecule has 2 heterocycles. The number of aliphatic hydroxyl groups excluding tert-OH is 2. The van der Waals surface area contributed by atoms with Gasteiger partial charge in [-0.15, -0.1) is 0 Å². The van der Waals surface area contributed by atoms with Crippen LogP contribution in [0.1, 0.15) is 26.3 Å². The van der Waals surface area contributed by atoms with E-state index in [0.29, 0.717) is 13.1 Å². The van der Waals surface area contributed by atoms with E-state index in [1.165, 1.54) is 0 Å². The molecule has 4 heteroatoms. The zero-order chi connectivity index (χ0) is 12.6. The molecule has 1 aliphatic heterocycles. The van der Waals surface area contributed by atoms with Crippen LogP contribution in [-0.2, 0) is 5.41 Å². The molecule has 1 saturated heterocycles. The van der Waals surface area contributed by atoms with Gasteiger partial charge in [-0.25, -0.2) is 4.98 Å². The van der Waals surface area contributed by atoms with Crippen LogP contribution in [0.4, 0.5) is 5.82 Å². The SMILES string of the molecule is CC(C)(C)c1cccnc1N1CC(O)C(O)C1. The zero-order valence-corrected chi connectivity index (χ0v) is 10.6. The fourth-order valence-electron chi connectivity index (χ4n) is 2.18. The maximum Gasteiger partial charge on any atom is 0.132 e. The molecule has 2 rings (SSSR count). The minimum absolute atomic E-state index is 0.00207. The van der Waals surface area contributed by atoms with Crippen molar-refractivity contribution < 1.29 is 10.2 Å². The summed E-state index contributed by atoms with van der Waals surface area (Å²) >= 11 is 0. The van der Waals surface area contributed by atoms with Crippen LogP contribution in [0.5, 0.6) is 0 Å². The van der Waals surface area contributed by atoms with Crippen LogP contribution in [0.15, 0.2) is 18.3 Å². The largest absolute Gasteiger partial charge is 0.389 e. The van der Waals surface area contributed by atoms with Gasteiger partial charge in [0.15, 0.2) is 0 Å². The highest BCUT2D eigenvalue weighted by molar-refractivity contribution is 5.51.